The largest absolute Gasteiger partial charge is 0.381 e. The summed E-state index contributed by atoms with van der Waals surface area (Å²) in [5.74, 6) is 0. The van der Waals surface area contributed by atoms with Crippen LogP contribution in [0.3, 0.4) is 0 Å². The maximum atomic E-state index is 6.23. The van der Waals surface area contributed by atoms with Gasteiger partial charge in [-0.25, -0.2) is 0 Å². The zero-order valence-electron chi connectivity index (χ0n) is 13.3. The minimum absolute atomic E-state index is 0.125. The van der Waals surface area contributed by atoms with Gasteiger partial charge in [0.2, 0.25) is 0 Å². The van der Waals surface area contributed by atoms with Crippen LogP contribution in [0.15, 0.2) is 24.4 Å². The number of hydrogen-bond donors (Lipinski definition) is 1. The second-order valence-electron chi connectivity index (χ2n) is 5.64. The van der Waals surface area contributed by atoms with Gasteiger partial charge in [0.15, 0.2) is 0 Å². The first-order valence-corrected chi connectivity index (χ1v) is 8.15. The Morgan fingerprint density at radius 2 is 2.14 bits per heavy atom. The fourth-order valence-corrected chi connectivity index (χ4v) is 3.09. The molecule has 0 amide bonds. The number of pyridine rings is 1. The minimum Gasteiger partial charge on any atom is -0.381 e. The van der Waals surface area contributed by atoms with E-state index in [0.717, 1.165) is 57.7 Å². The number of nitrogens with one attached hydrogen (secondary N) is 1. The highest BCUT2D eigenvalue weighted by atomic mass is 16.5. The zero-order valence-corrected chi connectivity index (χ0v) is 13.3. The van der Waals surface area contributed by atoms with Gasteiger partial charge in [-0.2, -0.15) is 0 Å². The smallest absolute Gasteiger partial charge is 0.0882 e. The van der Waals surface area contributed by atoms with E-state index >= 15 is 0 Å². The highest BCUT2D eigenvalue weighted by molar-refractivity contribution is 5.09. The highest BCUT2D eigenvalue weighted by Gasteiger charge is 2.41. The molecule has 1 aromatic heterocycles. The molecular formula is C17H28N2O2. The van der Waals surface area contributed by atoms with E-state index in [4.69, 9.17) is 9.47 Å². The Hall–Kier alpha value is -0.970. The molecule has 1 saturated heterocycles. The lowest BCUT2D eigenvalue weighted by Gasteiger charge is -2.43. The van der Waals surface area contributed by atoms with Gasteiger partial charge in [-0.05, 0) is 32.0 Å². The lowest BCUT2D eigenvalue weighted by molar-refractivity contribution is -0.126. The van der Waals surface area contributed by atoms with Crippen molar-refractivity contribution in [2.24, 2.45) is 0 Å². The Morgan fingerprint density at radius 1 is 1.33 bits per heavy atom. The molecule has 0 saturated carbocycles. The molecule has 21 heavy (non-hydrogen) atoms. The van der Waals surface area contributed by atoms with Crippen molar-refractivity contribution in [1.82, 2.24) is 10.3 Å². The Kier molecular flexibility index (Phi) is 6.61. The van der Waals surface area contributed by atoms with E-state index in [9.17, 15) is 0 Å². The number of aromatic nitrogens is 1. The van der Waals surface area contributed by atoms with Gasteiger partial charge in [0.25, 0.3) is 0 Å². The fourth-order valence-electron chi connectivity index (χ4n) is 3.09. The summed E-state index contributed by atoms with van der Waals surface area (Å²) in [4.78, 5) is 4.49. The van der Waals surface area contributed by atoms with Crippen LogP contribution in [-0.2, 0) is 15.9 Å². The summed E-state index contributed by atoms with van der Waals surface area (Å²) in [7, 11) is 0. The van der Waals surface area contributed by atoms with E-state index in [0.29, 0.717) is 0 Å². The molecule has 1 aliphatic heterocycles. The average Bonchev–Trinajstić information content (AvgIpc) is 2.53. The topological polar surface area (TPSA) is 43.4 Å². The van der Waals surface area contributed by atoms with Crippen LogP contribution in [-0.4, -0.2) is 43.0 Å². The summed E-state index contributed by atoms with van der Waals surface area (Å²) in [5.41, 5.74) is 0.997. The summed E-state index contributed by atoms with van der Waals surface area (Å²) in [6, 6.07) is 6.40. The quantitative estimate of drug-likeness (QED) is 0.800. The van der Waals surface area contributed by atoms with Gasteiger partial charge in [-0.15, -0.1) is 0 Å². The van der Waals surface area contributed by atoms with Crippen molar-refractivity contribution in [2.75, 3.05) is 26.4 Å². The predicted octanol–water partition coefficient (Wildman–Crippen LogP) is 2.58. The molecule has 1 aliphatic rings. The maximum Gasteiger partial charge on any atom is 0.0882 e. The molecule has 1 N–H and O–H groups in total. The van der Waals surface area contributed by atoms with Crippen molar-refractivity contribution in [2.45, 2.75) is 51.2 Å². The van der Waals surface area contributed by atoms with Gasteiger partial charge in [0.1, 0.15) is 0 Å². The van der Waals surface area contributed by atoms with Crippen LogP contribution >= 0.6 is 0 Å². The van der Waals surface area contributed by atoms with E-state index in [1.807, 2.05) is 12.3 Å². The van der Waals surface area contributed by atoms with Crippen molar-refractivity contribution in [3.63, 3.8) is 0 Å². The molecule has 0 bridgehead atoms. The van der Waals surface area contributed by atoms with Crippen LogP contribution in [0, 0.1) is 0 Å². The van der Waals surface area contributed by atoms with Gasteiger partial charge < -0.3 is 14.8 Å². The molecule has 1 fully saturated rings. The van der Waals surface area contributed by atoms with Gasteiger partial charge in [0.05, 0.1) is 5.60 Å². The minimum atomic E-state index is -0.125. The monoisotopic (exact) mass is 292 g/mol. The molecule has 4 nitrogen and oxygen atoms in total. The van der Waals surface area contributed by atoms with Crippen molar-refractivity contribution < 1.29 is 9.47 Å². The van der Waals surface area contributed by atoms with Crippen LogP contribution in [0.2, 0.25) is 0 Å². The van der Waals surface area contributed by atoms with E-state index < -0.39 is 0 Å². The third-order valence-electron chi connectivity index (χ3n) is 4.19. The van der Waals surface area contributed by atoms with E-state index in [1.165, 1.54) is 0 Å². The molecule has 0 aromatic carbocycles. The lowest BCUT2D eigenvalue weighted by Crippen LogP contribution is -2.56. The van der Waals surface area contributed by atoms with Gasteiger partial charge in [-0.1, -0.05) is 13.0 Å². The summed E-state index contributed by atoms with van der Waals surface area (Å²) in [5, 5.41) is 3.69. The van der Waals surface area contributed by atoms with Crippen LogP contribution in [0.1, 0.15) is 38.8 Å². The lowest BCUT2D eigenvalue weighted by atomic mass is 9.83. The second-order valence-corrected chi connectivity index (χ2v) is 5.64. The fraction of sp³-hybridized carbons (Fsp3) is 0.706. The molecule has 1 atom stereocenters. The Balaban J connectivity index is 2.15. The molecule has 4 heteroatoms. The molecule has 118 valence electrons. The van der Waals surface area contributed by atoms with Gasteiger partial charge in [-0.3, -0.25) is 4.98 Å². The maximum absolute atomic E-state index is 6.23. The van der Waals surface area contributed by atoms with E-state index in [2.05, 4.69) is 36.3 Å². The van der Waals surface area contributed by atoms with Crippen molar-refractivity contribution in [1.29, 1.82) is 0 Å². The summed E-state index contributed by atoms with van der Waals surface area (Å²) in [6.07, 6.45) is 5.80. The standard InChI is InChI=1S/C17H28N2O2/c1-3-10-19-16(14-15-7-5-6-11-18-15)17(21-4-2)8-12-20-13-9-17/h5-7,11,16,19H,3-4,8-10,12-14H2,1-2H3. The van der Waals surface area contributed by atoms with Gasteiger partial charge >= 0.3 is 0 Å². The highest BCUT2D eigenvalue weighted by Crippen LogP contribution is 2.30. The second kappa shape index (κ2) is 8.47. The van der Waals surface area contributed by atoms with Crippen LogP contribution in [0.25, 0.3) is 0 Å². The average molecular weight is 292 g/mol. The molecule has 1 aromatic rings. The van der Waals surface area contributed by atoms with Crippen LogP contribution in [0.4, 0.5) is 0 Å². The Bertz CT molecular complexity index is 386. The van der Waals surface area contributed by atoms with Gasteiger partial charge in [0, 0.05) is 57.0 Å². The van der Waals surface area contributed by atoms with Crippen molar-refractivity contribution in [3.05, 3.63) is 30.1 Å². The summed E-state index contributed by atoms with van der Waals surface area (Å²) in [6.45, 7) is 7.59. The van der Waals surface area contributed by atoms with Crippen molar-refractivity contribution in [3.8, 4) is 0 Å². The Labute approximate surface area is 128 Å². The third kappa shape index (κ3) is 4.50. The normalized spacial score (nSPS) is 19.3. The molecule has 0 spiro atoms. The molecular weight excluding hydrogens is 264 g/mol. The number of ether oxygens (including phenoxy) is 2. The predicted molar refractivity (Wildman–Crippen MR) is 84.4 cm³/mol. The number of rotatable bonds is 8. The first-order chi connectivity index (χ1) is 10.3. The van der Waals surface area contributed by atoms with Crippen molar-refractivity contribution >= 4 is 0 Å². The summed E-state index contributed by atoms with van der Waals surface area (Å²) < 4.78 is 11.8. The molecule has 0 radical (unpaired) electrons. The molecule has 2 rings (SSSR count). The van der Waals surface area contributed by atoms with E-state index in [-0.39, 0.29) is 11.6 Å². The van der Waals surface area contributed by atoms with Crippen LogP contribution < -0.4 is 5.32 Å². The summed E-state index contributed by atoms with van der Waals surface area (Å²) >= 11 is 0. The molecule has 2 heterocycles. The third-order valence-corrected chi connectivity index (χ3v) is 4.19. The SMILES string of the molecule is CCCNC(Cc1ccccn1)C1(OCC)CCOCC1. The molecule has 0 aliphatic carbocycles. The zero-order chi connectivity index (χ0) is 15.0. The Morgan fingerprint density at radius 3 is 2.76 bits per heavy atom. The number of nitrogens with zero attached hydrogens (tertiary/aromatic N) is 1. The first-order valence-electron chi connectivity index (χ1n) is 8.15. The number of hydrogen-bond acceptors (Lipinski definition) is 4. The van der Waals surface area contributed by atoms with E-state index in [1.54, 1.807) is 0 Å². The van der Waals surface area contributed by atoms with Crippen LogP contribution in [0.5, 0.6) is 0 Å². The first kappa shape index (κ1) is 16.4. The molecule has 1 unspecified atom stereocenters.